The minimum absolute atomic E-state index is 0.0466. The Hall–Kier alpha value is -4.20. The van der Waals surface area contributed by atoms with Crippen LogP contribution >= 0.6 is 11.6 Å². The molecule has 166 valence electrons. The monoisotopic (exact) mass is 483 g/mol. The zero-order chi connectivity index (χ0) is 24.0. The summed E-state index contributed by atoms with van der Waals surface area (Å²) in [6.07, 6.45) is 1.23. The molecule has 0 aliphatic heterocycles. The summed E-state index contributed by atoms with van der Waals surface area (Å²) < 4.78 is 29.8. The van der Waals surface area contributed by atoms with Crippen molar-refractivity contribution in [1.82, 2.24) is 0 Å². The summed E-state index contributed by atoms with van der Waals surface area (Å²) in [7, 11) is -4.10. The molecule has 0 radical (unpaired) electrons. The zero-order valence-corrected chi connectivity index (χ0v) is 18.2. The molecule has 0 aromatic heterocycles. The Morgan fingerprint density at radius 2 is 1.82 bits per heavy atom. The van der Waals surface area contributed by atoms with Gasteiger partial charge in [0.25, 0.3) is 11.6 Å². The van der Waals surface area contributed by atoms with E-state index in [9.17, 15) is 28.6 Å². The van der Waals surface area contributed by atoms with Crippen molar-refractivity contribution in [2.75, 3.05) is 5.32 Å². The van der Waals surface area contributed by atoms with Gasteiger partial charge in [-0.3, -0.25) is 14.9 Å². The van der Waals surface area contributed by atoms with Gasteiger partial charge in [-0.15, -0.1) is 0 Å². The van der Waals surface area contributed by atoms with Gasteiger partial charge in [-0.25, -0.2) is 0 Å². The van der Waals surface area contributed by atoms with Crippen LogP contribution in [0.3, 0.4) is 0 Å². The van der Waals surface area contributed by atoms with Crippen molar-refractivity contribution in [1.29, 1.82) is 5.26 Å². The number of carbonyl (C=O) groups is 1. The average molecular weight is 484 g/mol. The summed E-state index contributed by atoms with van der Waals surface area (Å²) in [4.78, 5) is 22.6. The second kappa shape index (κ2) is 9.95. The van der Waals surface area contributed by atoms with E-state index in [1.54, 1.807) is 24.3 Å². The number of nitro groups is 1. The van der Waals surface area contributed by atoms with Gasteiger partial charge in [0, 0.05) is 17.8 Å². The summed E-state index contributed by atoms with van der Waals surface area (Å²) >= 11 is 6.14. The Kier molecular flexibility index (Phi) is 7.07. The van der Waals surface area contributed by atoms with Crippen LogP contribution in [0.1, 0.15) is 5.56 Å². The number of benzene rings is 3. The number of nitriles is 1. The third kappa shape index (κ3) is 5.94. The summed E-state index contributed by atoms with van der Waals surface area (Å²) in [6, 6.07) is 18.6. The molecule has 3 aromatic rings. The second-order valence-electron chi connectivity index (χ2n) is 6.47. The quantitative estimate of drug-likeness (QED) is 0.171. The van der Waals surface area contributed by atoms with Crippen molar-refractivity contribution in [2.45, 2.75) is 4.90 Å². The molecule has 9 nitrogen and oxygen atoms in total. The molecule has 3 aromatic carbocycles. The van der Waals surface area contributed by atoms with Crippen LogP contribution in [0.25, 0.3) is 6.08 Å². The Morgan fingerprint density at radius 3 is 2.45 bits per heavy atom. The number of carbonyl (C=O) groups excluding carboxylic acids is 1. The molecule has 0 aliphatic rings. The standard InChI is InChI=1S/C22H14ClN3O6S/c23-20-12-15(9-10-21(20)32-33(30,31)19-7-2-1-3-8-19)11-16(14-24)22(27)25-17-5-4-6-18(13-17)26(28)29/h1-13H,(H,25,27)/b16-11+. The highest BCUT2D eigenvalue weighted by Crippen LogP contribution is 2.29. The predicted octanol–water partition coefficient (Wildman–Crippen LogP) is 4.56. The average Bonchev–Trinajstić information content (AvgIpc) is 2.79. The number of rotatable bonds is 7. The van der Waals surface area contributed by atoms with E-state index < -0.39 is 20.9 Å². The number of nitrogens with one attached hydrogen (secondary N) is 1. The first-order valence-electron chi connectivity index (χ1n) is 9.16. The normalized spacial score (nSPS) is 11.3. The van der Waals surface area contributed by atoms with Crippen LogP contribution in [0.15, 0.2) is 83.3 Å². The van der Waals surface area contributed by atoms with Gasteiger partial charge in [-0.2, -0.15) is 13.7 Å². The van der Waals surface area contributed by atoms with Gasteiger partial charge in [0.15, 0.2) is 5.75 Å². The molecule has 0 fully saturated rings. The van der Waals surface area contributed by atoms with Crippen LogP contribution in [-0.4, -0.2) is 19.2 Å². The van der Waals surface area contributed by atoms with E-state index in [0.29, 0.717) is 5.56 Å². The first kappa shape index (κ1) is 23.5. The highest BCUT2D eigenvalue weighted by Gasteiger charge is 2.18. The number of hydrogen-bond acceptors (Lipinski definition) is 7. The van der Waals surface area contributed by atoms with Gasteiger partial charge < -0.3 is 9.50 Å². The minimum atomic E-state index is -4.10. The summed E-state index contributed by atoms with van der Waals surface area (Å²) in [5.41, 5.74) is -0.0512. The van der Waals surface area contributed by atoms with Crippen LogP contribution in [-0.2, 0) is 14.9 Å². The van der Waals surface area contributed by atoms with E-state index in [1.165, 1.54) is 54.6 Å². The van der Waals surface area contributed by atoms with Crippen molar-refractivity contribution in [3.05, 3.63) is 99.1 Å². The zero-order valence-electron chi connectivity index (χ0n) is 16.6. The molecule has 1 amide bonds. The van der Waals surface area contributed by atoms with E-state index in [2.05, 4.69) is 5.32 Å². The van der Waals surface area contributed by atoms with Crippen molar-refractivity contribution >= 4 is 45.1 Å². The molecule has 11 heteroatoms. The number of hydrogen-bond donors (Lipinski definition) is 1. The fraction of sp³-hybridized carbons (Fsp3) is 0. The maximum atomic E-state index is 12.4. The molecule has 33 heavy (non-hydrogen) atoms. The van der Waals surface area contributed by atoms with Gasteiger partial charge in [-0.1, -0.05) is 41.9 Å². The predicted molar refractivity (Wildman–Crippen MR) is 121 cm³/mol. The smallest absolute Gasteiger partial charge is 0.339 e. The molecule has 0 heterocycles. The van der Waals surface area contributed by atoms with E-state index in [0.717, 1.165) is 6.07 Å². The number of nitro benzene ring substituents is 1. The minimum Gasteiger partial charge on any atom is -0.377 e. The molecule has 1 N–H and O–H groups in total. The molecule has 0 aliphatic carbocycles. The van der Waals surface area contributed by atoms with E-state index >= 15 is 0 Å². The maximum Gasteiger partial charge on any atom is 0.339 e. The maximum absolute atomic E-state index is 12.4. The van der Waals surface area contributed by atoms with Crippen LogP contribution in [0.2, 0.25) is 5.02 Å². The Morgan fingerprint density at radius 1 is 1.09 bits per heavy atom. The van der Waals surface area contributed by atoms with Gasteiger partial charge in [0.1, 0.15) is 16.5 Å². The number of non-ortho nitro benzene ring substituents is 1. The SMILES string of the molecule is N#C/C(=C\c1ccc(OS(=O)(=O)c2ccccc2)c(Cl)c1)C(=O)Nc1cccc([N+](=O)[O-])c1. The van der Waals surface area contributed by atoms with Crippen LogP contribution in [0.4, 0.5) is 11.4 Å². The molecular formula is C22H14ClN3O6S. The van der Waals surface area contributed by atoms with Crippen molar-refractivity contribution in [3.63, 3.8) is 0 Å². The van der Waals surface area contributed by atoms with Gasteiger partial charge in [0.2, 0.25) is 0 Å². The van der Waals surface area contributed by atoms with E-state index in [4.69, 9.17) is 15.8 Å². The third-order valence-corrected chi connectivity index (χ3v) is 5.72. The van der Waals surface area contributed by atoms with Gasteiger partial charge >= 0.3 is 10.1 Å². The molecule has 3 rings (SSSR count). The Bertz CT molecular complexity index is 1400. The fourth-order valence-corrected chi connectivity index (χ4v) is 3.88. The summed E-state index contributed by atoms with van der Waals surface area (Å²) in [6.45, 7) is 0. The molecule has 0 saturated carbocycles. The van der Waals surface area contributed by atoms with Crippen molar-refractivity contribution < 1.29 is 22.3 Å². The largest absolute Gasteiger partial charge is 0.377 e. The molecule has 0 saturated heterocycles. The highest BCUT2D eigenvalue weighted by atomic mass is 35.5. The number of anilines is 1. The van der Waals surface area contributed by atoms with E-state index in [1.807, 2.05) is 0 Å². The Balaban J connectivity index is 1.80. The van der Waals surface area contributed by atoms with E-state index in [-0.39, 0.29) is 32.6 Å². The highest BCUT2D eigenvalue weighted by molar-refractivity contribution is 7.87. The summed E-state index contributed by atoms with van der Waals surface area (Å²) in [5.74, 6) is -0.918. The first-order valence-corrected chi connectivity index (χ1v) is 10.9. The molecule has 0 unspecified atom stereocenters. The number of nitrogens with zero attached hydrogens (tertiary/aromatic N) is 2. The van der Waals surface area contributed by atoms with Crippen LogP contribution in [0.5, 0.6) is 5.75 Å². The van der Waals surface area contributed by atoms with Gasteiger partial charge in [-0.05, 0) is 42.0 Å². The lowest BCUT2D eigenvalue weighted by atomic mass is 10.1. The lowest BCUT2D eigenvalue weighted by Crippen LogP contribution is -2.13. The van der Waals surface area contributed by atoms with Gasteiger partial charge in [0.05, 0.1) is 9.95 Å². The molecule has 0 bridgehead atoms. The van der Waals surface area contributed by atoms with Crippen LogP contribution in [0, 0.1) is 21.4 Å². The molecular weight excluding hydrogens is 470 g/mol. The Labute approximate surface area is 193 Å². The van der Waals surface area contributed by atoms with Crippen molar-refractivity contribution in [2.24, 2.45) is 0 Å². The van der Waals surface area contributed by atoms with Crippen LogP contribution < -0.4 is 9.50 Å². The third-order valence-electron chi connectivity index (χ3n) is 4.18. The molecule has 0 spiro atoms. The molecule has 0 atom stereocenters. The first-order chi connectivity index (χ1) is 15.7. The topological polar surface area (TPSA) is 139 Å². The second-order valence-corrected chi connectivity index (χ2v) is 8.43. The lowest BCUT2D eigenvalue weighted by Gasteiger charge is -2.09. The lowest BCUT2D eigenvalue weighted by molar-refractivity contribution is -0.384. The number of halogens is 1. The number of amides is 1. The summed E-state index contributed by atoms with van der Waals surface area (Å²) in [5, 5.41) is 22.6. The fourth-order valence-electron chi connectivity index (χ4n) is 2.64. The van der Waals surface area contributed by atoms with Crippen molar-refractivity contribution in [3.8, 4) is 11.8 Å².